The number of hydrogen-bond acceptors (Lipinski definition) is 7. The summed E-state index contributed by atoms with van der Waals surface area (Å²) in [5, 5.41) is 21.5. The minimum atomic E-state index is -0.377. The van der Waals surface area contributed by atoms with Crippen LogP contribution in [-0.4, -0.2) is 82.5 Å². The SMILES string of the molecule is COc1ccccc1-c1cn(CC[C@H]2CC[C@H](NC(=O)CCN3CCCCC3)[C@@H](CO)O2)nn1. The zero-order valence-corrected chi connectivity index (χ0v) is 20.1. The monoisotopic (exact) mass is 471 g/mol. The van der Waals surface area contributed by atoms with Crippen LogP contribution in [0.3, 0.4) is 0 Å². The molecule has 1 amide bonds. The van der Waals surface area contributed by atoms with Gasteiger partial charge in [0.05, 0.1) is 32.1 Å². The summed E-state index contributed by atoms with van der Waals surface area (Å²) < 4.78 is 13.4. The summed E-state index contributed by atoms with van der Waals surface area (Å²) in [6.07, 6.45) is 8.19. The van der Waals surface area contributed by atoms with Crippen LogP contribution < -0.4 is 10.1 Å². The average Bonchev–Trinajstić information content (AvgIpc) is 3.36. The van der Waals surface area contributed by atoms with E-state index in [1.165, 1.54) is 19.3 Å². The molecule has 2 aliphatic rings. The normalized spacial score (nSPS) is 23.5. The lowest BCUT2D eigenvalue weighted by Gasteiger charge is -2.36. The number of aliphatic hydroxyl groups excluding tert-OH is 1. The third-order valence-electron chi connectivity index (χ3n) is 6.85. The summed E-state index contributed by atoms with van der Waals surface area (Å²) in [5.41, 5.74) is 1.67. The van der Waals surface area contributed by atoms with Gasteiger partial charge in [-0.25, -0.2) is 0 Å². The number of rotatable bonds is 10. The first kappa shape index (κ1) is 24.6. The van der Waals surface area contributed by atoms with Gasteiger partial charge in [0, 0.05) is 25.1 Å². The predicted molar refractivity (Wildman–Crippen MR) is 128 cm³/mol. The molecule has 2 aromatic rings. The average molecular weight is 472 g/mol. The molecular formula is C25H37N5O4. The van der Waals surface area contributed by atoms with Gasteiger partial charge in [-0.2, -0.15) is 0 Å². The number of nitrogens with zero attached hydrogens (tertiary/aromatic N) is 4. The first-order chi connectivity index (χ1) is 16.7. The molecule has 3 heterocycles. The molecule has 4 rings (SSSR count). The number of ether oxygens (including phenoxy) is 2. The number of aliphatic hydroxyl groups is 1. The van der Waals surface area contributed by atoms with Crippen molar-refractivity contribution in [2.75, 3.05) is 33.4 Å². The molecule has 9 heteroatoms. The summed E-state index contributed by atoms with van der Waals surface area (Å²) in [5.74, 6) is 0.808. The number of aryl methyl sites for hydroxylation is 1. The van der Waals surface area contributed by atoms with Gasteiger partial charge in [-0.05, 0) is 57.3 Å². The molecule has 34 heavy (non-hydrogen) atoms. The Labute approximate surface area is 201 Å². The fourth-order valence-corrected chi connectivity index (χ4v) is 4.89. The third-order valence-corrected chi connectivity index (χ3v) is 6.85. The van der Waals surface area contributed by atoms with Crippen LogP contribution in [-0.2, 0) is 16.1 Å². The lowest BCUT2D eigenvalue weighted by atomic mass is 9.97. The molecular weight excluding hydrogens is 434 g/mol. The molecule has 0 radical (unpaired) electrons. The number of piperidine rings is 1. The number of carbonyl (C=O) groups is 1. The zero-order valence-electron chi connectivity index (χ0n) is 20.1. The van der Waals surface area contributed by atoms with Crippen LogP contribution in [0.15, 0.2) is 30.5 Å². The van der Waals surface area contributed by atoms with E-state index in [4.69, 9.17) is 9.47 Å². The number of para-hydroxylation sites is 1. The lowest BCUT2D eigenvalue weighted by Crippen LogP contribution is -2.51. The summed E-state index contributed by atoms with van der Waals surface area (Å²) in [6, 6.07) is 7.60. The maximum absolute atomic E-state index is 12.5. The number of likely N-dealkylation sites (tertiary alicyclic amines) is 1. The number of aromatic nitrogens is 3. The molecule has 186 valence electrons. The van der Waals surface area contributed by atoms with Crippen LogP contribution in [0.5, 0.6) is 5.75 Å². The van der Waals surface area contributed by atoms with Crippen LogP contribution in [0, 0.1) is 0 Å². The zero-order chi connectivity index (χ0) is 23.8. The first-order valence-corrected chi connectivity index (χ1v) is 12.5. The second kappa shape index (κ2) is 12.3. The maximum atomic E-state index is 12.5. The highest BCUT2D eigenvalue weighted by molar-refractivity contribution is 5.76. The molecule has 1 aromatic carbocycles. The van der Waals surface area contributed by atoms with Gasteiger partial charge in [0.15, 0.2) is 0 Å². The highest BCUT2D eigenvalue weighted by Crippen LogP contribution is 2.28. The van der Waals surface area contributed by atoms with Crippen molar-refractivity contribution in [2.24, 2.45) is 0 Å². The van der Waals surface area contributed by atoms with Gasteiger partial charge in [-0.1, -0.05) is 23.8 Å². The van der Waals surface area contributed by atoms with Crippen LogP contribution >= 0.6 is 0 Å². The van der Waals surface area contributed by atoms with Gasteiger partial charge < -0.3 is 24.8 Å². The summed E-state index contributed by atoms with van der Waals surface area (Å²) >= 11 is 0. The molecule has 2 saturated heterocycles. The van der Waals surface area contributed by atoms with Crippen molar-refractivity contribution < 1.29 is 19.4 Å². The van der Waals surface area contributed by atoms with Crippen LogP contribution in [0.1, 0.15) is 44.9 Å². The highest BCUT2D eigenvalue weighted by Gasteiger charge is 2.32. The Kier molecular flexibility index (Phi) is 8.90. The Hall–Kier alpha value is -2.49. The predicted octanol–water partition coefficient (Wildman–Crippen LogP) is 2.24. The number of amides is 1. The van der Waals surface area contributed by atoms with Gasteiger partial charge in [0.1, 0.15) is 17.5 Å². The highest BCUT2D eigenvalue weighted by atomic mass is 16.5. The number of nitrogens with one attached hydrogen (secondary N) is 1. The maximum Gasteiger partial charge on any atom is 0.221 e. The van der Waals surface area contributed by atoms with Crippen molar-refractivity contribution in [1.29, 1.82) is 0 Å². The molecule has 2 aliphatic heterocycles. The molecule has 2 fully saturated rings. The van der Waals surface area contributed by atoms with Crippen LogP contribution in [0.25, 0.3) is 11.3 Å². The van der Waals surface area contributed by atoms with Gasteiger partial charge in [-0.3, -0.25) is 9.48 Å². The Bertz CT molecular complexity index is 914. The van der Waals surface area contributed by atoms with E-state index in [2.05, 4.69) is 20.5 Å². The Morgan fingerprint density at radius 2 is 2.03 bits per heavy atom. The Morgan fingerprint density at radius 3 is 2.82 bits per heavy atom. The summed E-state index contributed by atoms with van der Waals surface area (Å²) in [6.45, 7) is 3.55. The molecule has 0 saturated carbocycles. The molecule has 1 aromatic heterocycles. The smallest absolute Gasteiger partial charge is 0.221 e. The van der Waals surface area contributed by atoms with E-state index in [1.807, 2.05) is 35.1 Å². The van der Waals surface area contributed by atoms with Crippen molar-refractivity contribution in [1.82, 2.24) is 25.2 Å². The van der Waals surface area contributed by atoms with E-state index in [9.17, 15) is 9.90 Å². The van der Waals surface area contributed by atoms with E-state index in [0.717, 1.165) is 55.9 Å². The van der Waals surface area contributed by atoms with E-state index < -0.39 is 0 Å². The number of hydrogen-bond donors (Lipinski definition) is 2. The van der Waals surface area contributed by atoms with Crippen LogP contribution in [0.2, 0.25) is 0 Å². The van der Waals surface area contributed by atoms with E-state index in [-0.39, 0.29) is 30.8 Å². The second-order valence-corrected chi connectivity index (χ2v) is 9.24. The van der Waals surface area contributed by atoms with Gasteiger partial charge in [0.2, 0.25) is 5.91 Å². The molecule has 2 N–H and O–H groups in total. The van der Waals surface area contributed by atoms with E-state index in [0.29, 0.717) is 13.0 Å². The van der Waals surface area contributed by atoms with Crippen LogP contribution in [0.4, 0.5) is 0 Å². The number of methoxy groups -OCH3 is 1. The summed E-state index contributed by atoms with van der Waals surface area (Å²) in [4.78, 5) is 14.8. The molecule has 0 unspecified atom stereocenters. The Morgan fingerprint density at radius 1 is 1.21 bits per heavy atom. The largest absolute Gasteiger partial charge is 0.496 e. The standard InChI is InChI=1S/C25H37N5O4/c1-33-23-8-4-3-7-20(23)22-17-30(28-27-22)16-11-19-9-10-21(24(18-31)34-19)26-25(32)12-15-29-13-5-2-6-14-29/h3-4,7-8,17,19,21,24,31H,2,5-6,9-16,18H2,1H3,(H,26,32)/t19-,21+,24-/m1/s1. The Balaban J connectivity index is 1.22. The molecule has 0 bridgehead atoms. The molecule has 0 aliphatic carbocycles. The van der Waals surface area contributed by atoms with Crippen molar-refractivity contribution in [3.63, 3.8) is 0 Å². The fourth-order valence-electron chi connectivity index (χ4n) is 4.89. The molecule has 9 nitrogen and oxygen atoms in total. The summed E-state index contributed by atoms with van der Waals surface area (Å²) in [7, 11) is 1.64. The number of benzene rings is 1. The van der Waals surface area contributed by atoms with Gasteiger partial charge >= 0.3 is 0 Å². The van der Waals surface area contributed by atoms with Gasteiger partial charge in [0.25, 0.3) is 0 Å². The lowest BCUT2D eigenvalue weighted by molar-refractivity contribution is -0.129. The topological polar surface area (TPSA) is 102 Å². The minimum Gasteiger partial charge on any atom is -0.496 e. The fraction of sp³-hybridized carbons (Fsp3) is 0.640. The second-order valence-electron chi connectivity index (χ2n) is 9.24. The molecule has 3 atom stereocenters. The first-order valence-electron chi connectivity index (χ1n) is 12.5. The minimum absolute atomic E-state index is 0.0116. The van der Waals surface area contributed by atoms with Crippen molar-refractivity contribution in [3.8, 4) is 17.0 Å². The van der Waals surface area contributed by atoms with Crippen molar-refractivity contribution in [3.05, 3.63) is 30.5 Å². The van der Waals surface area contributed by atoms with Crippen molar-refractivity contribution >= 4 is 5.91 Å². The van der Waals surface area contributed by atoms with Crippen molar-refractivity contribution in [2.45, 2.75) is 69.7 Å². The van der Waals surface area contributed by atoms with Gasteiger partial charge in [-0.15, -0.1) is 5.10 Å². The van der Waals surface area contributed by atoms with E-state index in [1.54, 1.807) is 7.11 Å². The third kappa shape index (κ3) is 6.55. The van der Waals surface area contributed by atoms with E-state index >= 15 is 0 Å². The molecule has 0 spiro atoms. The number of carbonyl (C=O) groups excluding carboxylic acids is 1. The quantitative estimate of drug-likeness (QED) is 0.548.